The first-order chi connectivity index (χ1) is 16.3. The fraction of sp³-hybridized carbons (Fsp3) is 0.385. The summed E-state index contributed by atoms with van der Waals surface area (Å²) in [5.74, 6) is 0.0761. The lowest BCUT2D eigenvalue weighted by Crippen LogP contribution is -2.42. The second kappa shape index (κ2) is 9.67. The van der Waals surface area contributed by atoms with Gasteiger partial charge in [-0.2, -0.15) is 0 Å². The van der Waals surface area contributed by atoms with Crippen molar-refractivity contribution >= 4 is 34.4 Å². The van der Waals surface area contributed by atoms with Crippen molar-refractivity contribution in [3.8, 4) is 0 Å². The van der Waals surface area contributed by atoms with E-state index in [0.29, 0.717) is 11.3 Å². The van der Waals surface area contributed by atoms with Gasteiger partial charge in [-0.3, -0.25) is 14.4 Å². The normalized spacial score (nSPS) is 16.7. The Morgan fingerprint density at radius 1 is 1.06 bits per heavy atom. The minimum atomic E-state index is -0.789. The number of benzene rings is 2. The Hall–Kier alpha value is -3.68. The standard InChI is InChI=1S/C26H31N5O3/c1-15(2)23(24-27-19-11-7-8-12-21(19)31(24)16(3)4)30-22(32)14-13-20-26(34)28-18-10-6-5-9-17(18)25(33)29-20/h5-12,15-16,20,23H,13-14H2,1-4H3,(H,28,34)(H,29,33)(H,30,32). The van der Waals surface area contributed by atoms with Crippen molar-refractivity contribution in [2.24, 2.45) is 5.92 Å². The van der Waals surface area contributed by atoms with E-state index in [0.717, 1.165) is 16.9 Å². The van der Waals surface area contributed by atoms with E-state index in [2.05, 4.69) is 34.4 Å². The average Bonchev–Trinajstić information content (AvgIpc) is 3.13. The third kappa shape index (κ3) is 4.66. The molecule has 3 N–H and O–H groups in total. The average molecular weight is 462 g/mol. The molecule has 1 aromatic heterocycles. The molecule has 2 heterocycles. The number of fused-ring (bicyclic) bond motifs is 2. The molecule has 3 amide bonds. The van der Waals surface area contributed by atoms with Crippen molar-refractivity contribution in [2.75, 3.05) is 5.32 Å². The van der Waals surface area contributed by atoms with Crippen molar-refractivity contribution < 1.29 is 14.4 Å². The molecule has 1 aliphatic rings. The number of nitrogens with zero attached hydrogens (tertiary/aromatic N) is 2. The number of hydrogen-bond donors (Lipinski definition) is 3. The number of imidazole rings is 1. The summed E-state index contributed by atoms with van der Waals surface area (Å²) in [6.07, 6.45) is 0.294. The molecule has 34 heavy (non-hydrogen) atoms. The van der Waals surface area contributed by atoms with Gasteiger partial charge in [0, 0.05) is 12.5 Å². The Kier molecular flexibility index (Phi) is 6.68. The Morgan fingerprint density at radius 3 is 2.50 bits per heavy atom. The summed E-state index contributed by atoms with van der Waals surface area (Å²) in [5, 5.41) is 8.64. The molecule has 4 rings (SSSR count). The van der Waals surface area contributed by atoms with Gasteiger partial charge in [0.15, 0.2) is 0 Å². The predicted molar refractivity (Wildman–Crippen MR) is 131 cm³/mol. The number of aromatic nitrogens is 2. The summed E-state index contributed by atoms with van der Waals surface area (Å²) in [6.45, 7) is 8.29. The first-order valence-electron chi connectivity index (χ1n) is 11.7. The Labute approximate surface area is 199 Å². The molecular formula is C26H31N5O3. The van der Waals surface area contributed by atoms with E-state index in [1.807, 2.05) is 38.1 Å². The van der Waals surface area contributed by atoms with Crippen LogP contribution in [-0.2, 0) is 9.59 Å². The second-order valence-electron chi connectivity index (χ2n) is 9.31. The molecule has 0 spiro atoms. The third-order valence-corrected chi connectivity index (χ3v) is 6.11. The monoisotopic (exact) mass is 461 g/mol. The van der Waals surface area contributed by atoms with Crippen molar-refractivity contribution in [3.63, 3.8) is 0 Å². The largest absolute Gasteiger partial charge is 0.346 e. The number of rotatable bonds is 7. The van der Waals surface area contributed by atoms with Gasteiger partial charge in [0.25, 0.3) is 5.91 Å². The molecule has 1 aliphatic heterocycles. The predicted octanol–water partition coefficient (Wildman–Crippen LogP) is 3.96. The summed E-state index contributed by atoms with van der Waals surface area (Å²) in [4.78, 5) is 43.0. The number of nitrogens with one attached hydrogen (secondary N) is 3. The van der Waals surface area contributed by atoms with Crippen molar-refractivity contribution in [3.05, 3.63) is 59.9 Å². The van der Waals surface area contributed by atoms with Crippen LogP contribution >= 0.6 is 0 Å². The number of amides is 3. The molecular weight excluding hydrogens is 430 g/mol. The van der Waals surface area contributed by atoms with Gasteiger partial charge in [0.2, 0.25) is 11.8 Å². The summed E-state index contributed by atoms with van der Waals surface area (Å²) >= 11 is 0. The van der Waals surface area contributed by atoms with Crippen LogP contribution in [0.3, 0.4) is 0 Å². The zero-order valence-corrected chi connectivity index (χ0v) is 20.0. The summed E-state index contributed by atoms with van der Waals surface area (Å²) < 4.78 is 2.16. The molecule has 178 valence electrons. The zero-order valence-electron chi connectivity index (χ0n) is 20.0. The lowest BCUT2D eigenvalue weighted by Gasteiger charge is -2.25. The van der Waals surface area contributed by atoms with Crippen LogP contribution in [0.25, 0.3) is 11.0 Å². The third-order valence-electron chi connectivity index (χ3n) is 6.11. The van der Waals surface area contributed by atoms with Crippen molar-refractivity contribution in [1.82, 2.24) is 20.2 Å². The van der Waals surface area contributed by atoms with Crippen LogP contribution in [0.5, 0.6) is 0 Å². The Bertz CT molecular complexity index is 1230. The van der Waals surface area contributed by atoms with Crippen LogP contribution in [0.15, 0.2) is 48.5 Å². The van der Waals surface area contributed by atoms with Gasteiger partial charge in [-0.15, -0.1) is 0 Å². The van der Waals surface area contributed by atoms with E-state index in [-0.39, 0.29) is 48.6 Å². The maximum Gasteiger partial charge on any atom is 0.254 e. The second-order valence-corrected chi connectivity index (χ2v) is 9.31. The first kappa shape index (κ1) is 23.5. The molecule has 2 unspecified atom stereocenters. The molecule has 2 aromatic carbocycles. The topological polar surface area (TPSA) is 105 Å². The minimum absolute atomic E-state index is 0.0971. The zero-order chi connectivity index (χ0) is 24.4. The van der Waals surface area contributed by atoms with E-state index in [4.69, 9.17) is 4.98 Å². The number of hydrogen-bond acceptors (Lipinski definition) is 4. The van der Waals surface area contributed by atoms with E-state index < -0.39 is 6.04 Å². The van der Waals surface area contributed by atoms with Crippen LogP contribution in [0, 0.1) is 5.92 Å². The molecule has 2 atom stereocenters. The SMILES string of the molecule is CC(C)C(NC(=O)CCC1NC(=O)c2ccccc2NC1=O)c1nc2ccccc2n1C(C)C. The first-order valence-corrected chi connectivity index (χ1v) is 11.7. The quantitative estimate of drug-likeness (QED) is 0.495. The molecule has 8 heteroatoms. The van der Waals surface area contributed by atoms with Crippen LogP contribution in [0.1, 0.15) is 68.8 Å². The smallest absolute Gasteiger partial charge is 0.254 e. The summed E-state index contributed by atoms with van der Waals surface area (Å²) in [5.41, 5.74) is 2.81. The molecule has 0 fully saturated rings. The molecule has 0 radical (unpaired) electrons. The summed E-state index contributed by atoms with van der Waals surface area (Å²) in [7, 11) is 0. The van der Waals surface area contributed by atoms with E-state index in [1.54, 1.807) is 24.3 Å². The number of carbonyl (C=O) groups is 3. The fourth-order valence-corrected chi connectivity index (χ4v) is 4.39. The highest BCUT2D eigenvalue weighted by atomic mass is 16.2. The molecule has 3 aromatic rings. The number of carbonyl (C=O) groups excluding carboxylic acids is 3. The lowest BCUT2D eigenvalue weighted by atomic mass is 10.0. The van der Waals surface area contributed by atoms with Gasteiger partial charge in [-0.25, -0.2) is 4.98 Å². The lowest BCUT2D eigenvalue weighted by molar-refractivity contribution is -0.122. The van der Waals surface area contributed by atoms with Gasteiger partial charge in [0.05, 0.1) is 28.3 Å². The van der Waals surface area contributed by atoms with Gasteiger partial charge < -0.3 is 20.5 Å². The van der Waals surface area contributed by atoms with Crippen molar-refractivity contribution in [1.29, 1.82) is 0 Å². The molecule has 0 aliphatic carbocycles. The van der Waals surface area contributed by atoms with Gasteiger partial charge >= 0.3 is 0 Å². The van der Waals surface area contributed by atoms with Gasteiger partial charge in [-0.1, -0.05) is 38.1 Å². The molecule has 8 nitrogen and oxygen atoms in total. The van der Waals surface area contributed by atoms with E-state index in [1.165, 1.54) is 0 Å². The van der Waals surface area contributed by atoms with E-state index >= 15 is 0 Å². The molecule has 0 saturated heterocycles. The highest BCUT2D eigenvalue weighted by Gasteiger charge is 2.29. The number of para-hydroxylation sites is 3. The van der Waals surface area contributed by atoms with Crippen LogP contribution in [0.2, 0.25) is 0 Å². The Balaban J connectivity index is 1.48. The highest BCUT2D eigenvalue weighted by Crippen LogP contribution is 2.29. The van der Waals surface area contributed by atoms with Crippen LogP contribution in [0.4, 0.5) is 5.69 Å². The van der Waals surface area contributed by atoms with Gasteiger partial charge in [-0.05, 0) is 50.5 Å². The molecule has 0 saturated carbocycles. The highest BCUT2D eigenvalue weighted by molar-refractivity contribution is 6.09. The maximum atomic E-state index is 13.0. The molecule has 0 bridgehead atoms. The summed E-state index contributed by atoms with van der Waals surface area (Å²) in [6, 6.07) is 13.9. The fourth-order valence-electron chi connectivity index (χ4n) is 4.39. The van der Waals surface area contributed by atoms with Gasteiger partial charge in [0.1, 0.15) is 11.9 Å². The van der Waals surface area contributed by atoms with Crippen LogP contribution in [-0.4, -0.2) is 33.3 Å². The maximum absolute atomic E-state index is 13.0. The van der Waals surface area contributed by atoms with Crippen LogP contribution < -0.4 is 16.0 Å². The van der Waals surface area contributed by atoms with E-state index in [9.17, 15) is 14.4 Å². The minimum Gasteiger partial charge on any atom is -0.346 e. The number of anilines is 1. The Morgan fingerprint density at radius 2 is 1.76 bits per heavy atom. The van der Waals surface area contributed by atoms with Crippen molar-refractivity contribution in [2.45, 2.75) is 58.7 Å².